The third kappa shape index (κ3) is 2.20. The van der Waals surface area contributed by atoms with Gasteiger partial charge in [-0.3, -0.25) is 9.59 Å². The van der Waals surface area contributed by atoms with Gasteiger partial charge in [0.25, 0.3) is 5.91 Å². The Morgan fingerprint density at radius 1 is 1.08 bits per heavy atom. The summed E-state index contributed by atoms with van der Waals surface area (Å²) < 4.78 is 0. The number of fused-ring (bicyclic) bond motifs is 1. The molecule has 1 fully saturated rings. The number of anilines is 1. The number of amides is 2. The molecule has 2 aliphatic rings. The predicted molar refractivity (Wildman–Crippen MR) is 90.0 cm³/mol. The van der Waals surface area contributed by atoms with E-state index in [2.05, 4.69) is 5.16 Å². The number of hydrogen-bond donors (Lipinski definition) is 0. The Bertz CT molecular complexity index is 876. The van der Waals surface area contributed by atoms with Crippen molar-refractivity contribution in [3.05, 3.63) is 64.7 Å². The minimum atomic E-state index is -0.899. The molecule has 5 nitrogen and oxygen atoms in total. The molecule has 120 valence electrons. The number of oxime groups is 1. The molecule has 1 saturated heterocycles. The molecule has 0 bridgehead atoms. The van der Waals surface area contributed by atoms with Crippen LogP contribution in [0.3, 0.4) is 0 Å². The molecule has 2 aliphatic heterocycles. The van der Waals surface area contributed by atoms with Crippen molar-refractivity contribution in [3.8, 4) is 0 Å². The normalized spacial score (nSPS) is 22.4. The topological polar surface area (TPSA) is 59.0 Å². The molecule has 24 heavy (non-hydrogen) atoms. The van der Waals surface area contributed by atoms with Crippen molar-refractivity contribution in [2.24, 2.45) is 11.1 Å². The van der Waals surface area contributed by atoms with Crippen LogP contribution in [-0.2, 0) is 14.4 Å². The van der Waals surface area contributed by atoms with Crippen molar-refractivity contribution in [3.63, 3.8) is 0 Å². The molecule has 2 aromatic carbocycles. The number of aryl methyl sites for hydroxylation is 1. The summed E-state index contributed by atoms with van der Waals surface area (Å²) in [4.78, 5) is 32.0. The van der Waals surface area contributed by atoms with E-state index >= 15 is 0 Å². The SMILES string of the molecule is Cc1cccc(N2C(=O)C3ON=C(c4ccc(Cl)cc4)C3C2=O)c1. The molecule has 2 amide bonds. The zero-order valence-electron chi connectivity index (χ0n) is 12.8. The summed E-state index contributed by atoms with van der Waals surface area (Å²) in [5.41, 5.74) is 2.71. The standard InChI is InChI=1S/C18H13ClN2O3/c1-10-3-2-4-13(9-10)21-17(22)14-15(20-24-16(14)18(21)23)11-5-7-12(19)8-6-11/h2-9,14,16H,1H3. The van der Waals surface area contributed by atoms with E-state index in [9.17, 15) is 9.59 Å². The van der Waals surface area contributed by atoms with Crippen LogP contribution in [0.25, 0.3) is 0 Å². The zero-order chi connectivity index (χ0) is 16.8. The minimum absolute atomic E-state index is 0.318. The Hall–Kier alpha value is -2.66. The molecule has 0 aromatic heterocycles. The number of hydrogen-bond acceptors (Lipinski definition) is 4. The van der Waals surface area contributed by atoms with Crippen LogP contribution in [-0.4, -0.2) is 23.6 Å². The quantitative estimate of drug-likeness (QED) is 0.790. The van der Waals surface area contributed by atoms with E-state index < -0.39 is 12.0 Å². The van der Waals surface area contributed by atoms with Crippen LogP contribution >= 0.6 is 11.6 Å². The van der Waals surface area contributed by atoms with E-state index in [0.717, 1.165) is 11.1 Å². The van der Waals surface area contributed by atoms with Crippen molar-refractivity contribution in [2.45, 2.75) is 13.0 Å². The van der Waals surface area contributed by atoms with Gasteiger partial charge < -0.3 is 4.84 Å². The summed E-state index contributed by atoms with van der Waals surface area (Å²) in [6, 6.07) is 14.2. The van der Waals surface area contributed by atoms with Gasteiger partial charge in [0.1, 0.15) is 11.6 Å². The largest absolute Gasteiger partial charge is 0.381 e. The number of carbonyl (C=O) groups is 2. The summed E-state index contributed by atoms with van der Waals surface area (Å²) in [5.74, 6) is -1.43. The predicted octanol–water partition coefficient (Wildman–Crippen LogP) is 2.94. The van der Waals surface area contributed by atoms with Crippen LogP contribution in [0.4, 0.5) is 5.69 Å². The van der Waals surface area contributed by atoms with E-state index in [1.807, 2.05) is 19.1 Å². The van der Waals surface area contributed by atoms with E-state index in [4.69, 9.17) is 16.4 Å². The Morgan fingerprint density at radius 2 is 1.83 bits per heavy atom. The van der Waals surface area contributed by atoms with Gasteiger partial charge in [-0.1, -0.05) is 41.0 Å². The fourth-order valence-electron chi connectivity index (χ4n) is 3.06. The van der Waals surface area contributed by atoms with Gasteiger partial charge in [-0.05, 0) is 36.8 Å². The second-order valence-corrected chi connectivity index (χ2v) is 6.27. The molecule has 2 aromatic rings. The van der Waals surface area contributed by atoms with Crippen molar-refractivity contribution in [2.75, 3.05) is 4.90 Å². The lowest BCUT2D eigenvalue weighted by Gasteiger charge is -2.15. The van der Waals surface area contributed by atoms with Gasteiger partial charge in [0.2, 0.25) is 12.0 Å². The van der Waals surface area contributed by atoms with Crippen LogP contribution < -0.4 is 4.90 Å². The minimum Gasteiger partial charge on any atom is -0.381 e. The average Bonchev–Trinajstić information content (AvgIpc) is 3.09. The van der Waals surface area contributed by atoms with Gasteiger partial charge >= 0.3 is 0 Å². The third-order valence-corrected chi connectivity index (χ3v) is 4.46. The highest BCUT2D eigenvalue weighted by molar-refractivity contribution is 6.33. The number of imide groups is 1. The fraction of sp³-hybridized carbons (Fsp3) is 0.167. The number of halogens is 1. The maximum absolute atomic E-state index is 12.9. The van der Waals surface area contributed by atoms with Crippen LogP contribution in [0.1, 0.15) is 11.1 Å². The van der Waals surface area contributed by atoms with Gasteiger partial charge in [-0.25, -0.2) is 4.90 Å². The highest BCUT2D eigenvalue weighted by Crippen LogP contribution is 2.35. The second kappa shape index (κ2) is 5.46. The van der Waals surface area contributed by atoms with E-state index in [-0.39, 0.29) is 11.8 Å². The van der Waals surface area contributed by atoms with Gasteiger partial charge in [0.15, 0.2) is 0 Å². The lowest BCUT2D eigenvalue weighted by Crippen LogP contribution is -2.33. The highest BCUT2D eigenvalue weighted by Gasteiger charge is 2.56. The molecule has 0 radical (unpaired) electrons. The summed E-state index contributed by atoms with van der Waals surface area (Å²) >= 11 is 5.90. The first-order valence-electron chi connectivity index (χ1n) is 7.50. The molecule has 0 aliphatic carbocycles. The van der Waals surface area contributed by atoms with Gasteiger partial charge in [-0.2, -0.15) is 0 Å². The molecule has 0 saturated carbocycles. The zero-order valence-corrected chi connectivity index (χ0v) is 13.5. The van der Waals surface area contributed by atoms with Gasteiger partial charge in [0.05, 0.1) is 5.69 Å². The molecular formula is C18H13ClN2O3. The molecule has 4 rings (SSSR count). The first-order valence-corrected chi connectivity index (χ1v) is 7.88. The van der Waals surface area contributed by atoms with E-state index in [1.165, 1.54) is 4.90 Å². The molecule has 0 N–H and O–H groups in total. The Kier molecular flexibility index (Phi) is 3.39. The molecule has 0 spiro atoms. The highest BCUT2D eigenvalue weighted by atomic mass is 35.5. The first kappa shape index (κ1) is 14.9. The number of carbonyl (C=O) groups excluding carboxylic acids is 2. The van der Waals surface area contributed by atoms with Gasteiger partial charge in [0, 0.05) is 10.6 Å². The van der Waals surface area contributed by atoms with Crippen molar-refractivity contribution in [1.29, 1.82) is 0 Å². The smallest absolute Gasteiger partial charge is 0.278 e. The van der Waals surface area contributed by atoms with Gasteiger partial charge in [-0.15, -0.1) is 0 Å². The maximum atomic E-state index is 12.9. The van der Waals surface area contributed by atoms with Crippen LogP contribution in [0.5, 0.6) is 0 Å². The lowest BCUT2D eigenvalue weighted by atomic mass is 9.94. The summed E-state index contributed by atoms with van der Waals surface area (Å²) in [5, 5.41) is 4.56. The summed E-state index contributed by atoms with van der Waals surface area (Å²) in [6.07, 6.45) is -0.899. The van der Waals surface area contributed by atoms with Crippen molar-refractivity contribution < 1.29 is 14.4 Å². The van der Waals surface area contributed by atoms with E-state index in [1.54, 1.807) is 36.4 Å². The molecule has 6 heteroatoms. The Labute approximate surface area is 143 Å². The number of rotatable bonds is 2. The van der Waals surface area contributed by atoms with Crippen molar-refractivity contribution in [1.82, 2.24) is 0 Å². The van der Waals surface area contributed by atoms with Crippen LogP contribution in [0.2, 0.25) is 5.02 Å². The Balaban J connectivity index is 1.71. The van der Waals surface area contributed by atoms with Crippen LogP contribution in [0.15, 0.2) is 53.7 Å². The molecular weight excluding hydrogens is 328 g/mol. The summed E-state index contributed by atoms with van der Waals surface area (Å²) in [6.45, 7) is 1.91. The number of benzene rings is 2. The molecule has 2 unspecified atom stereocenters. The fourth-order valence-corrected chi connectivity index (χ4v) is 3.18. The summed E-state index contributed by atoms with van der Waals surface area (Å²) in [7, 11) is 0. The second-order valence-electron chi connectivity index (χ2n) is 5.84. The maximum Gasteiger partial charge on any atom is 0.278 e. The molecule has 2 heterocycles. The van der Waals surface area contributed by atoms with Crippen LogP contribution in [0, 0.1) is 12.8 Å². The van der Waals surface area contributed by atoms with E-state index in [0.29, 0.717) is 16.4 Å². The third-order valence-electron chi connectivity index (χ3n) is 4.21. The monoisotopic (exact) mass is 340 g/mol. The Morgan fingerprint density at radius 3 is 2.54 bits per heavy atom. The number of nitrogens with zero attached hydrogens (tertiary/aromatic N) is 2. The first-order chi connectivity index (χ1) is 11.6. The van der Waals surface area contributed by atoms with Crippen molar-refractivity contribution >= 4 is 34.8 Å². The lowest BCUT2D eigenvalue weighted by molar-refractivity contribution is -0.126. The molecule has 2 atom stereocenters. The average molecular weight is 341 g/mol.